The zero-order valence-electron chi connectivity index (χ0n) is 8.95. The third-order valence-electron chi connectivity index (χ3n) is 2.09. The fourth-order valence-electron chi connectivity index (χ4n) is 1.22. The number of hydrogen-bond donors (Lipinski definition) is 2. The van der Waals surface area contributed by atoms with Gasteiger partial charge in [0.1, 0.15) is 5.75 Å². The molecule has 0 fully saturated rings. The van der Waals surface area contributed by atoms with Gasteiger partial charge in [-0.15, -0.1) is 0 Å². The molecule has 1 aromatic carbocycles. The second kappa shape index (κ2) is 4.64. The first-order chi connectivity index (χ1) is 7.00. The zero-order valence-corrected chi connectivity index (χ0v) is 8.95. The second-order valence-electron chi connectivity index (χ2n) is 3.69. The molecule has 0 atom stereocenters. The van der Waals surface area contributed by atoms with Crippen LogP contribution in [-0.2, 0) is 6.42 Å². The van der Waals surface area contributed by atoms with Crippen molar-refractivity contribution in [1.82, 2.24) is 0 Å². The smallest absolute Gasteiger partial charge is 0.248 e. The summed E-state index contributed by atoms with van der Waals surface area (Å²) in [5, 5.41) is 9.55. The molecule has 0 aliphatic carbocycles. The maximum Gasteiger partial charge on any atom is 0.248 e. The van der Waals surface area contributed by atoms with Gasteiger partial charge in [0.05, 0.1) is 0 Å². The van der Waals surface area contributed by atoms with Crippen molar-refractivity contribution in [3.63, 3.8) is 0 Å². The summed E-state index contributed by atoms with van der Waals surface area (Å²) in [5.41, 5.74) is 7.45. The number of allylic oxidation sites excluding steroid dienone is 2. The average Bonchev–Trinajstić information content (AvgIpc) is 2.16. The minimum Gasteiger partial charge on any atom is -0.508 e. The van der Waals surface area contributed by atoms with Crippen molar-refractivity contribution >= 4 is 5.91 Å². The summed E-state index contributed by atoms with van der Waals surface area (Å²) >= 11 is 0. The average molecular weight is 205 g/mol. The van der Waals surface area contributed by atoms with Gasteiger partial charge < -0.3 is 10.8 Å². The Hall–Kier alpha value is -1.77. The van der Waals surface area contributed by atoms with E-state index in [4.69, 9.17) is 5.73 Å². The lowest BCUT2D eigenvalue weighted by Gasteiger charge is -2.03. The number of benzene rings is 1. The van der Waals surface area contributed by atoms with Crippen molar-refractivity contribution in [2.24, 2.45) is 5.73 Å². The number of amides is 1. The van der Waals surface area contributed by atoms with E-state index in [1.807, 2.05) is 19.9 Å². The molecule has 0 saturated heterocycles. The first-order valence-corrected chi connectivity index (χ1v) is 4.75. The SMILES string of the molecule is CC(C)=CCc1cc(C(N)=O)ccc1O. The Morgan fingerprint density at radius 1 is 1.47 bits per heavy atom. The van der Waals surface area contributed by atoms with Crippen LogP contribution in [0.3, 0.4) is 0 Å². The normalized spacial score (nSPS) is 9.73. The molecule has 0 unspecified atom stereocenters. The third kappa shape index (κ3) is 3.13. The first kappa shape index (κ1) is 11.3. The van der Waals surface area contributed by atoms with Crippen molar-refractivity contribution in [3.8, 4) is 5.75 Å². The van der Waals surface area contributed by atoms with Crippen molar-refractivity contribution < 1.29 is 9.90 Å². The third-order valence-corrected chi connectivity index (χ3v) is 2.09. The van der Waals surface area contributed by atoms with E-state index in [-0.39, 0.29) is 5.75 Å². The van der Waals surface area contributed by atoms with E-state index in [2.05, 4.69) is 0 Å². The Kier molecular flexibility index (Phi) is 3.50. The monoisotopic (exact) mass is 205 g/mol. The highest BCUT2D eigenvalue weighted by Crippen LogP contribution is 2.19. The van der Waals surface area contributed by atoms with Gasteiger partial charge in [0.2, 0.25) is 5.91 Å². The number of phenols is 1. The van der Waals surface area contributed by atoms with Crippen molar-refractivity contribution in [2.75, 3.05) is 0 Å². The molecule has 0 saturated carbocycles. The number of primary amides is 1. The lowest BCUT2D eigenvalue weighted by Crippen LogP contribution is -2.10. The Balaban J connectivity index is 3.00. The second-order valence-corrected chi connectivity index (χ2v) is 3.69. The number of hydrogen-bond acceptors (Lipinski definition) is 2. The molecule has 1 rings (SSSR count). The molecule has 3 nitrogen and oxygen atoms in total. The molecule has 0 aromatic heterocycles. The molecule has 3 heteroatoms. The predicted octanol–water partition coefficient (Wildman–Crippen LogP) is 2.00. The van der Waals surface area contributed by atoms with E-state index < -0.39 is 5.91 Å². The Labute approximate surface area is 89.2 Å². The van der Waals surface area contributed by atoms with Gasteiger partial charge in [0.25, 0.3) is 0 Å². The molecule has 0 spiro atoms. The van der Waals surface area contributed by atoms with Gasteiger partial charge in [-0.2, -0.15) is 0 Å². The van der Waals surface area contributed by atoms with E-state index in [0.29, 0.717) is 17.5 Å². The van der Waals surface area contributed by atoms with E-state index in [1.165, 1.54) is 17.7 Å². The molecule has 1 amide bonds. The Bertz CT molecular complexity index is 404. The zero-order chi connectivity index (χ0) is 11.4. The van der Waals surface area contributed by atoms with E-state index in [9.17, 15) is 9.90 Å². The molecule has 3 N–H and O–H groups in total. The van der Waals surface area contributed by atoms with E-state index >= 15 is 0 Å². The van der Waals surface area contributed by atoms with Gasteiger partial charge in [-0.05, 0) is 44.0 Å². The first-order valence-electron chi connectivity index (χ1n) is 4.75. The van der Waals surface area contributed by atoms with Gasteiger partial charge in [0, 0.05) is 5.56 Å². The largest absolute Gasteiger partial charge is 0.508 e. The van der Waals surface area contributed by atoms with Crippen LogP contribution in [0.25, 0.3) is 0 Å². The lowest BCUT2D eigenvalue weighted by molar-refractivity contribution is 0.1000. The quantitative estimate of drug-likeness (QED) is 0.741. The van der Waals surface area contributed by atoms with Crippen LogP contribution in [0.1, 0.15) is 29.8 Å². The van der Waals surface area contributed by atoms with Crippen molar-refractivity contribution in [3.05, 3.63) is 41.0 Å². The molecule has 0 aliphatic heterocycles. The van der Waals surface area contributed by atoms with Crippen LogP contribution in [0.15, 0.2) is 29.8 Å². The highest BCUT2D eigenvalue weighted by atomic mass is 16.3. The summed E-state index contributed by atoms with van der Waals surface area (Å²) in [6, 6.07) is 4.63. The topological polar surface area (TPSA) is 63.3 Å². The summed E-state index contributed by atoms with van der Waals surface area (Å²) in [5.74, 6) is -0.286. The van der Waals surface area contributed by atoms with Gasteiger partial charge >= 0.3 is 0 Å². The molecule has 80 valence electrons. The minimum absolute atomic E-state index is 0.192. The summed E-state index contributed by atoms with van der Waals surface area (Å²) in [4.78, 5) is 10.9. The van der Waals surface area contributed by atoms with Crippen LogP contribution in [0.2, 0.25) is 0 Å². The maximum atomic E-state index is 10.9. The molecule has 1 aromatic rings. The number of carbonyl (C=O) groups excluding carboxylic acids is 1. The van der Waals surface area contributed by atoms with Crippen LogP contribution >= 0.6 is 0 Å². The summed E-state index contributed by atoms with van der Waals surface area (Å²) in [6.07, 6.45) is 2.59. The van der Waals surface area contributed by atoms with Crippen LogP contribution in [0.4, 0.5) is 0 Å². The van der Waals surface area contributed by atoms with E-state index in [0.717, 1.165) is 0 Å². The fraction of sp³-hybridized carbons (Fsp3) is 0.250. The highest BCUT2D eigenvalue weighted by molar-refractivity contribution is 5.93. The molecule has 15 heavy (non-hydrogen) atoms. The summed E-state index contributed by atoms with van der Waals surface area (Å²) in [6.45, 7) is 3.96. The number of nitrogens with two attached hydrogens (primary N) is 1. The minimum atomic E-state index is -0.478. The van der Waals surface area contributed by atoms with Crippen molar-refractivity contribution in [1.29, 1.82) is 0 Å². The molecule has 0 bridgehead atoms. The standard InChI is InChI=1S/C12H15NO2/c1-8(2)3-4-9-7-10(12(13)15)5-6-11(9)14/h3,5-7,14H,4H2,1-2H3,(H2,13,15). The van der Waals surface area contributed by atoms with Gasteiger partial charge in [-0.25, -0.2) is 0 Å². The number of phenolic OH excluding ortho intramolecular Hbond substituents is 1. The lowest BCUT2D eigenvalue weighted by atomic mass is 10.1. The van der Waals surface area contributed by atoms with Crippen molar-refractivity contribution in [2.45, 2.75) is 20.3 Å². The maximum absolute atomic E-state index is 10.9. The van der Waals surface area contributed by atoms with Gasteiger partial charge in [-0.3, -0.25) is 4.79 Å². The molecular formula is C12H15NO2. The fourth-order valence-corrected chi connectivity index (χ4v) is 1.22. The molecular weight excluding hydrogens is 190 g/mol. The number of carbonyl (C=O) groups is 1. The number of aromatic hydroxyl groups is 1. The number of rotatable bonds is 3. The summed E-state index contributed by atoms with van der Waals surface area (Å²) < 4.78 is 0. The highest BCUT2D eigenvalue weighted by Gasteiger charge is 2.05. The van der Waals surface area contributed by atoms with Crippen LogP contribution in [0, 0.1) is 0 Å². The van der Waals surface area contributed by atoms with E-state index in [1.54, 1.807) is 6.07 Å². The molecule has 0 heterocycles. The Morgan fingerprint density at radius 3 is 2.67 bits per heavy atom. The van der Waals surface area contributed by atoms with Crippen LogP contribution in [-0.4, -0.2) is 11.0 Å². The summed E-state index contributed by atoms with van der Waals surface area (Å²) in [7, 11) is 0. The van der Waals surface area contributed by atoms with Gasteiger partial charge in [0.15, 0.2) is 0 Å². The van der Waals surface area contributed by atoms with Crippen LogP contribution in [0.5, 0.6) is 5.75 Å². The molecule has 0 radical (unpaired) electrons. The van der Waals surface area contributed by atoms with Crippen LogP contribution < -0.4 is 5.73 Å². The Morgan fingerprint density at radius 2 is 2.13 bits per heavy atom. The molecule has 0 aliphatic rings. The van der Waals surface area contributed by atoms with Gasteiger partial charge in [-0.1, -0.05) is 11.6 Å². The predicted molar refractivity (Wildman–Crippen MR) is 59.8 cm³/mol.